The van der Waals surface area contributed by atoms with Crippen LogP contribution in [0.3, 0.4) is 0 Å². The van der Waals surface area contributed by atoms with Crippen molar-refractivity contribution in [2.45, 2.75) is 125 Å². The molecule has 228 valence electrons. The van der Waals surface area contributed by atoms with E-state index in [-0.39, 0.29) is 0 Å². The van der Waals surface area contributed by atoms with E-state index in [4.69, 9.17) is 0 Å². The van der Waals surface area contributed by atoms with Gasteiger partial charge in [-0.05, 0) is 155 Å². The minimum absolute atomic E-state index is 0.769. The van der Waals surface area contributed by atoms with Gasteiger partial charge in [0.15, 0.2) is 0 Å². The fraction of sp³-hybridized carbons (Fsp3) is 1.00. The van der Waals surface area contributed by atoms with Crippen LogP contribution in [0.4, 0.5) is 0 Å². The SMILES string of the molecule is CC(C)C1CCCN(C)C1.CC(C)C1CCCN1C.CC(C)C1CCN(C)CC1.CC(C)N1CCCCC1. The standard InChI is InChI=1S/2C9H19N.2C8H17N/c1-8(2)9-4-6-10(3)7-5-9;1-8(2)9-5-4-6-10(3)7-9;1-7(2)8-5-4-6-9(8)3;1-8(2)9-6-4-3-5-7-9/h2*8-9H,4-7H2,1-3H3;7-8H,4-6H2,1-3H3;8H,3-7H2,1-2H3. The number of likely N-dealkylation sites (tertiary alicyclic amines) is 4. The molecule has 0 aromatic rings. The molecule has 0 spiro atoms. The molecule has 0 radical (unpaired) electrons. The molecule has 4 nitrogen and oxygen atoms in total. The van der Waals surface area contributed by atoms with Crippen molar-refractivity contribution in [2.24, 2.45) is 29.6 Å². The van der Waals surface area contributed by atoms with Gasteiger partial charge < -0.3 is 19.6 Å². The van der Waals surface area contributed by atoms with Crippen molar-refractivity contribution in [3.8, 4) is 0 Å². The predicted octanol–water partition coefficient (Wildman–Crippen LogP) is 7.59. The third kappa shape index (κ3) is 15.0. The monoisotopic (exact) mass is 537 g/mol. The van der Waals surface area contributed by atoms with Crippen LogP contribution in [0.1, 0.15) is 113 Å². The summed E-state index contributed by atoms with van der Waals surface area (Å²) in [5, 5.41) is 0. The van der Waals surface area contributed by atoms with Gasteiger partial charge >= 0.3 is 0 Å². The fourth-order valence-electron chi connectivity index (χ4n) is 6.66. The summed E-state index contributed by atoms with van der Waals surface area (Å²) in [4.78, 5) is 9.92. The largest absolute Gasteiger partial charge is 0.306 e. The van der Waals surface area contributed by atoms with E-state index in [0.29, 0.717) is 0 Å². The van der Waals surface area contributed by atoms with Gasteiger partial charge in [0.25, 0.3) is 0 Å². The summed E-state index contributed by atoms with van der Waals surface area (Å²) in [6.45, 7) is 27.8. The highest BCUT2D eigenvalue weighted by atomic mass is 15.2. The van der Waals surface area contributed by atoms with Crippen LogP contribution in [0, 0.1) is 29.6 Å². The van der Waals surface area contributed by atoms with Gasteiger partial charge in [-0.3, -0.25) is 0 Å². The van der Waals surface area contributed by atoms with E-state index in [9.17, 15) is 0 Å². The van der Waals surface area contributed by atoms with Crippen LogP contribution in [0.2, 0.25) is 0 Å². The summed E-state index contributed by atoms with van der Waals surface area (Å²) in [7, 11) is 6.68. The van der Waals surface area contributed by atoms with Crippen LogP contribution in [-0.2, 0) is 0 Å². The zero-order valence-corrected chi connectivity index (χ0v) is 28.1. The van der Waals surface area contributed by atoms with E-state index in [1.54, 1.807) is 0 Å². The third-order valence-electron chi connectivity index (χ3n) is 9.78. The maximum atomic E-state index is 2.56. The first-order valence-electron chi connectivity index (χ1n) is 16.7. The molecule has 0 aromatic heterocycles. The van der Waals surface area contributed by atoms with Gasteiger partial charge in [0.2, 0.25) is 0 Å². The van der Waals surface area contributed by atoms with E-state index < -0.39 is 0 Å². The molecule has 0 saturated carbocycles. The highest BCUT2D eigenvalue weighted by molar-refractivity contribution is 4.78. The first-order valence-corrected chi connectivity index (χ1v) is 16.7. The van der Waals surface area contributed by atoms with Crippen LogP contribution in [0.25, 0.3) is 0 Å². The quantitative estimate of drug-likeness (QED) is 0.367. The Balaban J connectivity index is 0.000000254. The Hall–Kier alpha value is -0.160. The van der Waals surface area contributed by atoms with Crippen molar-refractivity contribution in [3.63, 3.8) is 0 Å². The molecular formula is C34H72N4. The molecule has 4 saturated heterocycles. The number of nitrogens with zero attached hydrogens (tertiary/aromatic N) is 4. The molecule has 0 bridgehead atoms. The van der Waals surface area contributed by atoms with E-state index in [0.717, 1.165) is 41.7 Å². The second-order valence-corrected chi connectivity index (χ2v) is 14.4. The second kappa shape index (κ2) is 19.8. The number of hydrogen-bond acceptors (Lipinski definition) is 4. The van der Waals surface area contributed by atoms with Crippen LogP contribution in [0.5, 0.6) is 0 Å². The van der Waals surface area contributed by atoms with Crippen LogP contribution < -0.4 is 0 Å². The van der Waals surface area contributed by atoms with E-state index in [2.05, 4.69) is 96.1 Å². The first-order chi connectivity index (χ1) is 17.9. The average molecular weight is 537 g/mol. The molecule has 4 heterocycles. The van der Waals surface area contributed by atoms with E-state index >= 15 is 0 Å². The summed E-state index contributed by atoms with van der Waals surface area (Å²) in [5.74, 6) is 4.57. The van der Waals surface area contributed by atoms with Crippen molar-refractivity contribution in [3.05, 3.63) is 0 Å². The van der Waals surface area contributed by atoms with Crippen LogP contribution >= 0.6 is 0 Å². The van der Waals surface area contributed by atoms with Gasteiger partial charge in [0.05, 0.1) is 0 Å². The molecule has 4 fully saturated rings. The molecule has 0 amide bonds. The van der Waals surface area contributed by atoms with Crippen LogP contribution in [0.15, 0.2) is 0 Å². The summed E-state index contributed by atoms with van der Waals surface area (Å²) < 4.78 is 0. The molecule has 38 heavy (non-hydrogen) atoms. The summed E-state index contributed by atoms with van der Waals surface area (Å²) in [6, 6.07) is 1.63. The lowest BCUT2D eigenvalue weighted by Crippen LogP contribution is -2.35. The molecule has 0 N–H and O–H groups in total. The number of piperidine rings is 3. The van der Waals surface area contributed by atoms with Crippen molar-refractivity contribution in [2.75, 3.05) is 67.0 Å². The Morgan fingerprint density at radius 2 is 1.03 bits per heavy atom. The fourth-order valence-corrected chi connectivity index (χ4v) is 6.66. The molecule has 4 heteroatoms. The number of rotatable bonds is 4. The second-order valence-electron chi connectivity index (χ2n) is 14.4. The minimum Gasteiger partial charge on any atom is -0.306 e. The molecule has 4 aliphatic heterocycles. The number of hydrogen-bond donors (Lipinski definition) is 0. The lowest BCUT2D eigenvalue weighted by Gasteiger charge is -2.31. The Bertz CT molecular complexity index is 547. The smallest absolute Gasteiger partial charge is 0.0116 e. The molecule has 4 aliphatic rings. The molecule has 0 aliphatic carbocycles. The third-order valence-corrected chi connectivity index (χ3v) is 9.78. The highest BCUT2D eigenvalue weighted by Gasteiger charge is 2.23. The summed E-state index contributed by atoms with van der Waals surface area (Å²) in [5.41, 5.74) is 0. The Labute approximate surface area is 241 Å². The van der Waals surface area contributed by atoms with E-state index in [1.165, 1.54) is 104 Å². The Kier molecular flexibility index (Phi) is 18.7. The summed E-state index contributed by atoms with van der Waals surface area (Å²) in [6.07, 6.45) is 12.8. The van der Waals surface area contributed by atoms with E-state index in [1.807, 2.05) is 0 Å². The Morgan fingerprint density at radius 3 is 1.37 bits per heavy atom. The van der Waals surface area contributed by atoms with Crippen LogP contribution in [-0.4, -0.2) is 98.6 Å². The molecule has 0 aromatic carbocycles. The maximum Gasteiger partial charge on any atom is 0.0116 e. The van der Waals surface area contributed by atoms with Crippen molar-refractivity contribution in [1.82, 2.24) is 19.6 Å². The maximum absolute atomic E-state index is 2.56. The zero-order valence-electron chi connectivity index (χ0n) is 28.1. The topological polar surface area (TPSA) is 13.0 Å². The van der Waals surface area contributed by atoms with Crippen molar-refractivity contribution < 1.29 is 0 Å². The normalized spacial score (nSPS) is 26.6. The van der Waals surface area contributed by atoms with Gasteiger partial charge in [-0.15, -0.1) is 0 Å². The lowest BCUT2D eigenvalue weighted by molar-refractivity contribution is 0.173. The van der Waals surface area contributed by atoms with Crippen molar-refractivity contribution in [1.29, 1.82) is 0 Å². The van der Waals surface area contributed by atoms with Gasteiger partial charge in [-0.25, -0.2) is 0 Å². The minimum atomic E-state index is 0.769. The predicted molar refractivity (Wildman–Crippen MR) is 171 cm³/mol. The van der Waals surface area contributed by atoms with Gasteiger partial charge in [-0.2, -0.15) is 0 Å². The average Bonchev–Trinajstić information content (AvgIpc) is 3.32. The lowest BCUT2D eigenvalue weighted by atomic mass is 9.87. The molecule has 2 unspecified atom stereocenters. The van der Waals surface area contributed by atoms with Gasteiger partial charge in [0, 0.05) is 18.6 Å². The van der Waals surface area contributed by atoms with Gasteiger partial charge in [-0.1, -0.05) is 48.0 Å². The zero-order chi connectivity index (χ0) is 28.7. The Morgan fingerprint density at radius 1 is 0.474 bits per heavy atom. The molecule has 2 atom stereocenters. The molecule has 4 rings (SSSR count). The van der Waals surface area contributed by atoms with Gasteiger partial charge in [0.1, 0.15) is 0 Å². The summed E-state index contributed by atoms with van der Waals surface area (Å²) >= 11 is 0. The highest BCUT2D eigenvalue weighted by Crippen LogP contribution is 2.24. The molecular weight excluding hydrogens is 464 g/mol. The van der Waals surface area contributed by atoms with Crippen molar-refractivity contribution >= 4 is 0 Å². The first kappa shape index (κ1) is 35.9.